The Kier molecular flexibility index (Phi) is 5.82. The topological polar surface area (TPSA) is 52.7 Å². The Morgan fingerprint density at radius 2 is 1.75 bits per heavy atom. The number of alkyl halides is 3. The largest absolute Gasteiger partial charge is 0.471 e. The van der Waals surface area contributed by atoms with Crippen LogP contribution in [0, 0.1) is 0 Å². The molecule has 1 saturated heterocycles. The highest BCUT2D eigenvalue weighted by atomic mass is 19.4. The molecule has 0 radical (unpaired) electrons. The maximum Gasteiger partial charge on any atom is 0.471 e. The van der Waals surface area contributed by atoms with Gasteiger partial charge < -0.3 is 10.2 Å². The van der Waals surface area contributed by atoms with Gasteiger partial charge >= 0.3 is 12.1 Å². The lowest BCUT2D eigenvalue weighted by atomic mass is 10.2. The Morgan fingerprint density at radius 3 is 2.38 bits per heavy atom. The summed E-state index contributed by atoms with van der Waals surface area (Å²) in [4.78, 5) is 26.2. The lowest BCUT2D eigenvalue weighted by molar-refractivity contribution is -0.185. The van der Waals surface area contributed by atoms with Crippen molar-refractivity contribution in [3.8, 4) is 0 Å². The normalized spacial score (nSPS) is 17.9. The molecule has 1 atom stereocenters. The van der Waals surface area contributed by atoms with Crippen LogP contribution in [0.1, 0.15) is 13.3 Å². The van der Waals surface area contributed by atoms with Crippen LogP contribution < -0.4 is 5.32 Å². The van der Waals surface area contributed by atoms with Gasteiger partial charge in [-0.15, -0.1) is 0 Å². The Bertz CT molecular complexity index is 578. The maximum atomic E-state index is 12.5. The molecule has 1 heterocycles. The molecule has 1 aromatic carbocycles. The number of nitrogens with one attached hydrogen (secondary N) is 1. The van der Waals surface area contributed by atoms with Crippen molar-refractivity contribution < 1.29 is 22.8 Å². The van der Waals surface area contributed by atoms with Crippen molar-refractivity contribution in [2.75, 3.05) is 31.5 Å². The molecule has 1 N–H and O–H groups in total. The van der Waals surface area contributed by atoms with E-state index in [0.29, 0.717) is 18.7 Å². The number of para-hydroxylation sites is 1. The summed E-state index contributed by atoms with van der Waals surface area (Å²) in [6.07, 6.45) is -4.46. The van der Waals surface area contributed by atoms with Crippen molar-refractivity contribution in [1.29, 1.82) is 0 Å². The van der Waals surface area contributed by atoms with Gasteiger partial charge in [0, 0.05) is 31.9 Å². The van der Waals surface area contributed by atoms with E-state index < -0.39 is 18.1 Å². The fourth-order valence-electron chi connectivity index (χ4n) is 2.64. The summed E-state index contributed by atoms with van der Waals surface area (Å²) in [5.74, 6) is -2.04. The number of hydrogen-bond donors (Lipinski definition) is 1. The average Bonchev–Trinajstić information content (AvgIpc) is 2.79. The molecule has 1 unspecified atom stereocenters. The quantitative estimate of drug-likeness (QED) is 0.915. The van der Waals surface area contributed by atoms with E-state index in [2.05, 4.69) is 5.32 Å². The molecule has 0 aromatic heterocycles. The zero-order valence-corrected chi connectivity index (χ0v) is 13.3. The zero-order valence-electron chi connectivity index (χ0n) is 13.3. The number of carbonyl (C=O) groups excluding carboxylic acids is 2. The van der Waals surface area contributed by atoms with Crippen molar-refractivity contribution >= 4 is 17.5 Å². The molecule has 5 nitrogen and oxygen atoms in total. The molecule has 0 aliphatic carbocycles. The molecule has 1 aliphatic heterocycles. The third-order valence-electron chi connectivity index (χ3n) is 4.03. The summed E-state index contributed by atoms with van der Waals surface area (Å²) in [5.41, 5.74) is 0.665. The number of rotatable bonds is 3. The monoisotopic (exact) mass is 343 g/mol. The van der Waals surface area contributed by atoms with Gasteiger partial charge in [-0.1, -0.05) is 18.2 Å². The summed E-state index contributed by atoms with van der Waals surface area (Å²) in [6, 6.07) is 8.46. The molecule has 2 amide bonds. The Labute approximate surface area is 138 Å². The van der Waals surface area contributed by atoms with E-state index in [4.69, 9.17) is 0 Å². The van der Waals surface area contributed by atoms with Gasteiger partial charge in [-0.3, -0.25) is 14.5 Å². The summed E-state index contributed by atoms with van der Waals surface area (Å²) in [5, 5.41) is 2.78. The SMILES string of the molecule is CC(C(=O)Nc1ccccc1)N1CCCN(C(=O)C(F)(F)F)CC1. The van der Waals surface area contributed by atoms with Gasteiger partial charge in [-0.05, 0) is 25.5 Å². The van der Waals surface area contributed by atoms with Gasteiger partial charge in [0.25, 0.3) is 0 Å². The van der Waals surface area contributed by atoms with E-state index in [1.54, 1.807) is 36.1 Å². The lowest BCUT2D eigenvalue weighted by Crippen LogP contribution is -2.46. The smallest absolute Gasteiger partial charge is 0.334 e. The predicted molar refractivity (Wildman–Crippen MR) is 83.4 cm³/mol. The van der Waals surface area contributed by atoms with Crippen LogP contribution in [-0.4, -0.2) is 60.0 Å². The number of anilines is 1. The fourth-order valence-corrected chi connectivity index (χ4v) is 2.64. The number of carbonyl (C=O) groups is 2. The molecular formula is C16H20F3N3O2. The number of amides is 2. The van der Waals surface area contributed by atoms with E-state index in [0.717, 1.165) is 4.90 Å². The van der Waals surface area contributed by atoms with Gasteiger partial charge in [0.15, 0.2) is 0 Å². The van der Waals surface area contributed by atoms with Crippen molar-refractivity contribution in [3.63, 3.8) is 0 Å². The second-order valence-electron chi connectivity index (χ2n) is 5.71. The standard InChI is InChI=1S/C16H20F3N3O2/c1-12(14(23)20-13-6-3-2-4-7-13)21-8-5-9-22(11-10-21)15(24)16(17,18)19/h2-4,6-7,12H,5,8-11H2,1H3,(H,20,23). The summed E-state index contributed by atoms with van der Waals surface area (Å²) >= 11 is 0. The third kappa shape index (κ3) is 4.70. The van der Waals surface area contributed by atoms with Crippen LogP contribution in [0.15, 0.2) is 30.3 Å². The Hall–Kier alpha value is -2.09. The highest BCUT2D eigenvalue weighted by Crippen LogP contribution is 2.20. The minimum atomic E-state index is -4.86. The van der Waals surface area contributed by atoms with Crippen molar-refractivity contribution in [3.05, 3.63) is 30.3 Å². The first kappa shape index (κ1) is 18.3. The van der Waals surface area contributed by atoms with Crippen molar-refractivity contribution in [2.45, 2.75) is 25.6 Å². The minimum Gasteiger partial charge on any atom is -0.334 e. The molecule has 0 saturated carbocycles. The highest BCUT2D eigenvalue weighted by molar-refractivity contribution is 5.94. The Morgan fingerprint density at radius 1 is 1.08 bits per heavy atom. The summed E-state index contributed by atoms with van der Waals surface area (Å²) in [7, 11) is 0. The molecule has 1 fully saturated rings. The molecule has 1 aliphatic rings. The first-order chi connectivity index (χ1) is 11.3. The van der Waals surface area contributed by atoms with Crippen LogP contribution in [0.5, 0.6) is 0 Å². The fraction of sp³-hybridized carbons (Fsp3) is 0.500. The minimum absolute atomic E-state index is 0.0404. The van der Waals surface area contributed by atoms with Gasteiger partial charge in [0.05, 0.1) is 6.04 Å². The van der Waals surface area contributed by atoms with Crippen molar-refractivity contribution in [1.82, 2.24) is 9.80 Å². The molecule has 8 heteroatoms. The predicted octanol–water partition coefficient (Wildman–Crippen LogP) is 2.11. The number of hydrogen-bond acceptors (Lipinski definition) is 3. The number of halogens is 3. The molecule has 132 valence electrons. The molecule has 0 spiro atoms. The van der Waals surface area contributed by atoms with Crippen LogP contribution in [0.3, 0.4) is 0 Å². The molecule has 0 bridgehead atoms. The first-order valence-electron chi connectivity index (χ1n) is 7.75. The average molecular weight is 343 g/mol. The number of nitrogens with zero attached hydrogens (tertiary/aromatic N) is 2. The van der Waals surface area contributed by atoms with E-state index >= 15 is 0 Å². The number of benzene rings is 1. The third-order valence-corrected chi connectivity index (χ3v) is 4.03. The zero-order chi connectivity index (χ0) is 17.7. The second-order valence-corrected chi connectivity index (χ2v) is 5.71. The molecule has 24 heavy (non-hydrogen) atoms. The van der Waals surface area contributed by atoms with E-state index in [1.165, 1.54) is 0 Å². The lowest BCUT2D eigenvalue weighted by Gasteiger charge is -2.27. The van der Waals surface area contributed by atoms with Gasteiger partial charge in [0.2, 0.25) is 5.91 Å². The van der Waals surface area contributed by atoms with Crippen molar-refractivity contribution in [2.24, 2.45) is 0 Å². The maximum absolute atomic E-state index is 12.5. The highest BCUT2D eigenvalue weighted by Gasteiger charge is 2.42. The van der Waals surface area contributed by atoms with Crippen LogP contribution in [0.25, 0.3) is 0 Å². The van der Waals surface area contributed by atoms with Gasteiger partial charge in [0.1, 0.15) is 0 Å². The molecule has 2 rings (SSSR count). The van der Waals surface area contributed by atoms with E-state index in [-0.39, 0.29) is 25.5 Å². The van der Waals surface area contributed by atoms with Crippen LogP contribution in [0.4, 0.5) is 18.9 Å². The van der Waals surface area contributed by atoms with Crippen LogP contribution in [-0.2, 0) is 9.59 Å². The van der Waals surface area contributed by atoms with Crippen LogP contribution in [0.2, 0.25) is 0 Å². The Balaban J connectivity index is 1.93. The molecular weight excluding hydrogens is 323 g/mol. The van der Waals surface area contributed by atoms with Crippen LogP contribution >= 0.6 is 0 Å². The van der Waals surface area contributed by atoms with Gasteiger partial charge in [-0.2, -0.15) is 13.2 Å². The van der Waals surface area contributed by atoms with E-state index in [1.807, 2.05) is 6.07 Å². The van der Waals surface area contributed by atoms with E-state index in [9.17, 15) is 22.8 Å². The first-order valence-corrected chi connectivity index (χ1v) is 7.75. The summed E-state index contributed by atoms with van der Waals surface area (Å²) < 4.78 is 37.6. The molecule has 1 aromatic rings. The summed E-state index contributed by atoms with van der Waals surface area (Å²) in [6.45, 7) is 2.40. The second kappa shape index (κ2) is 7.65. The van der Waals surface area contributed by atoms with Gasteiger partial charge in [-0.25, -0.2) is 0 Å².